The molecule has 168 valence electrons. The van der Waals surface area contributed by atoms with Crippen molar-refractivity contribution < 1.29 is 22.0 Å². The highest BCUT2D eigenvalue weighted by atomic mass is 32.2. The van der Waals surface area contributed by atoms with Gasteiger partial charge in [-0.2, -0.15) is 0 Å². The fourth-order valence-electron chi connectivity index (χ4n) is 4.57. The number of carbonyl (C=O) groups excluding carboxylic acids is 4. The van der Waals surface area contributed by atoms with Gasteiger partial charge in [-0.3, -0.25) is 19.7 Å². The Bertz CT molecular complexity index is 1180. The van der Waals surface area contributed by atoms with E-state index in [1.807, 2.05) is 43.3 Å². The Balaban J connectivity index is 0.00000162. The van der Waals surface area contributed by atoms with Crippen LogP contribution in [-0.2, 0) is 27.2 Å². The lowest BCUT2D eigenvalue weighted by atomic mass is 9.96. The van der Waals surface area contributed by atoms with Gasteiger partial charge < -0.3 is 15.5 Å². The maximum atomic E-state index is 12.9. The number of urea groups is 1. The third kappa shape index (κ3) is 3.42. The second kappa shape index (κ2) is 7.67. The topological polar surface area (TPSA) is 108 Å². The van der Waals surface area contributed by atoms with Crippen molar-refractivity contribution in [2.45, 2.75) is 41.9 Å². The first kappa shape index (κ1) is 20.6. The molecule has 32 heavy (non-hydrogen) atoms. The van der Waals surface area contributed by atoms with Crippen LogP contribution in [0.4, 0.5) is 16.2 Å². The zero-order chi connectivity index (χ0) is 22.5. The normalized spacial score (nSPS) is 23.6. The van der Waals surface area contributed by atoms with Gasteiger partial charge in [0.2, 0.25) is 11.8 Å². The van der Waals surface area contributed by atoms with E-state index in [1.165, 1.54) is 11.8 Å². The zero-order valence-electron chi connectivity index (χ0n) is 17.4. The van der Waals surface area contributed by atoms with E-state index in [9.17, 15) is 19.2 Å². The van der Waals surface area contributed by atoms with Crippen molar-refractivity contribution >= 4 is 46.9 Å². The number of nitrogens with one attached hydrogen (secondary N) is 3. The van der Waals surface area contributed by atoms with Crippen LogP contribution in [0.5, 0.6) is 0 Å². The second-order valence-corrected chi connectivity index (χ2v) is 9.53. The number of hydrogen-bond acceptors (Lipinski definition) is 5. The van der Waals surface area contributed by atoms with Crippen molar-refractivity contribution in [3.05, 3.63) is 53.6 Å². The number of imide groups is 1. The summed E-state index contributed by atoms with van der Waals surface area (Å²) < 4.78 is 0. The summed E-state index contributed by atoms with van der Waals surface area (Å²) in [6.45, 7) is 1.89. The number of anilines is 2. The predicted molar refractivity (Wildman–Crippen MR) is 125 cm³/mol. The summed E-state index contributed by atoms with van der Waals surface area (Å²) in [5, 5.41) is 7.70. The maximum absolute atomic E-state index is 12.9. The number of nitrogens with zero attached hydrogens (tertiary/aromatic N) is 1. The third-order valence-electron chi connectivity index (χ3n) is 6.13. The molecule has 0 bridgehead atoms. The number of rotatable bonds is 4. The van der Waals surface area contributed by atoms with Crippen molar-refractivity contribution in [2.24, 2.45) is 0 Å². The fourth-order valence-corrected chi connectivity index (χ4v) is 5.73. The predicted octanol–water partition coefficient (Wildman–Crippen LogP) is 2.71. The van der Waals surface area contributed by atoms with Gasteiger partial charge in [0.15, 0.2) is 0 Å². The summed E-state index contributed by atoms with van der Waals surface area (Å²) in [5.74, 6) is -0.686. The highest BCUT2D eigenvalue weighted by molar-refractivity contribution is 8.01. The highest BCUT2D eigenvalue weighted by Crippen LogP contribution is 2.40. The molecule has 1 saturated heterocycles. The molecule has 1 spiro atoms. The number of fused-ring (bicyclic) bond motifs is 2. The lowest BCUT2D eigenvalue weighted by Crippen LogP contribution is -2.47. The summed E-state index contributed by atoms with van der Waals surface area (Å²) in [7, 11) is 0. The lowest BCUT2D eigenvalue weighted by Gasteiger charge is -2.32. The van der Waals surface area contributed by atoms with Crippen LogP contribution >= 0.6 is 11.8 Å². The molecule has 1 aliphatic carbocycles. The molecule has 2 aromatic rings. The molecule has 0 radical (unpaired) electrons. The molecule has 3 N–H and O–H groups in total. The molecular weight excluding hydrogens is 428 g/mol. The van der Waals surface area contributed by atoms with E-state index in [0.717, 1.165) is 21.7 Å². The molecule has 0 saturated carbocycles. The number of hydrogen-bond donors (Lipinski definition) is 3. The minimum atomic E-state index is -0.946. The summed E-state index contributed by atoms with van der Waals surface area (Å²) in [4.78, 5) is 52.1. The largest absolute Gasteiger partial charge is 0.325 e. The van der Waals surface area contributed by atoms with Gasteiger partial charge in [-0.1, -0.05) is 25.1 Å². The molecule has 9 heteroatoms. The average molecular weight is 455 g/mol. The van der Waals surface area contributed by atoms with Gasteiger partial charge in [-0.15, -0.1) is 11.8 Å². The molecule has 2 aromatic carbocycles. The number of benzene rings is 2. The van der Waals surface area contributed by atoms with Crippen LogP contribution in [0.2, 0.25) is 0 Å². The Morgan fingerprint density at radius 2 is 1.97 bits per heavy atom. The van der Waals surface area contributed by atoms with E-state index in [2.05, 4.69) is 16.0 Å². The summed E-state index contributed by atoms with van der Waals surface area (Å²) >= 11 is 1.54. The maximum Gasteiger partial charge on any atom is 0.322 e. The Hall–Kier alpha value is -3.33. The first-order valence-electron chi connectivity index (χ1n) is 10.5. The first-order valence-corrected chi connectivity index (χ1v) is 11.4. The number of amides is 5. The number of carbonyl (C=O) groups is 4. The second-order valence-electron chi connectivity index (χ2n) is 8.28. The summed E-state index contributed by atoms with van der Waals surface area (Å²) in [6, 6.07) is 12.6. The minimum Gasteiger partial charge on any atom is -0.325 e. The highest BCUT2D eigenvalue weighted by Gasteiger charge is 2.50. The minimum absolute atomic E-state index is 0. The summed E-state index contributed by atoms with van der Waals surface area (Å²) in [6.07, 6.45) is 1.48. The van der Waals surface area contributed by atoms with Crippen LogP contribution in [0.1, 0.15) is 27.3 Å². The molecule has 1 fully saturated rings. The zero-order valence-corrected chi connectivity index (χ0v) is 18.3. The van der Waals surface area contributed by atoms with E-state index in [4.69, 9.17) is 0 Å². The Labute approximate surface area is 192 Å². The van der Waals surface area contributed by atoms with Gasteiger partial charge in [0.1, 0.15) is 12.1 Å². The van der Waals surface area contributed by atoms with Crippen molar-refractivity contribution in [2.75, 3.05) is 16.8 Å². The van der Waals surface area contributed by atoms with E-state index in [0.29, 0.717) is 24.9 Å². The third-order valence-corrected chi connectivity index (χ3v) is 7.55. The van der Waals surface area contributed by atoms with Gasteiger partial charge in [0.05, 0.1) is 10.9 Å². The van der Waals surface area contributed by atoms with Gasteiger partial charge in [0.25, 0.3) is 5.91 Å². The molecule has 5 amide bonds. The van der Waals surface area contributed by atoms with Crippen LogP contribution in [0.3, 0.4) is 0 Å². The van der Waals surface area contributed by atoms with Gasteiger partial charge in [0, 0.05) is 26.3 Å². The SMILES string of the molecule is CCC1Sc2ccccc2N(CC(=O)Nc2ccc3c(c2)CC2(C3)NC(=O)NC2=O)C1=O.[HH].[HH]. The van der Waals surface area contributed by atoms with Gasteiger partial charge in [-0.05, 0) is 41.8 Å². The Morgan fingerprint density at radius 3 is 2.72 bits per heavy atom. The van der Waals surface area contributed by atoms with Gasteiger partial charge in [-0.25, -0.2) is 4.79 Å². The molecule has 3 aliphatic rings. The van der Waals surface area contributed by atoms with Crippen LogP contribution in [0.25, 0.3) is 0 Å². The van der Waals surface area contributed by atoms with Crippen molar-refractivity contribution in [3.63, 3.8) is 0 Å². The molecule has 5 rings (SSSR count). The number of thioether (sulfide) groups is 1. The monoisotopic (exact) mass is 454 g/mol. The van der Waals surface area contributed by atoms with Crippen LogP contribution in [0.15, 0.2) is 47.4 Å². The fraction of sp³-hybridized carbons (Fsp3) is 0.304. The van der Waals surface area contributed by atoms with E-state index < -0.39 is 11.6 Å². The molecule has 2 atom stereocenters. The summed E-state index contributed by atoms with van der Waals surface area (Å²) in [5.41, 5.74) is 2.26. The first-order chi connectivity index (χ1) is 15.4. The van der Waals surface area contributed by atoms with Crippen molar-refractivity contribution in [3.8, 4) is 0 Å². The molecular formula is C23H26N4O4S. The molecule has 2 heterocycles. The quantitative estimate of drug-likeness (QED) is 0.616. The molecule has 8 nitrogen and oxygen atoms in total. The molecule has 2 aliphatic heterocycles. The van der Waals surface area contributed by atoms with Gasteiger partial charge >= 0.3 is 6.03 Å². The Morgan fingerprint density at radius 1 is 1.19 bits per heavy atom. The van der Waals surface area contributed by atoms with Crippen LogP contribution in [0, 0.1) is 0 Å². The molecule has 2 unspecified atom stereocenters. The van der Waals surface area contributed by atoms with Crippen LogP contribution < -0.4 is 20.9 Å². The smallest absolute Gasteiger partial charge is 0.322 e. The van der Waals surface area contributed by atoms with Crippen LogP contribution in [-0.4, -0.2) is 41.1 Å². The number of para-hydroxylation sites is 1. The van der Waals surface area contributed by atoms with Crippen molar-refractivity contribution in [1.82, 2.24) is 10.6 Å². The standard InChI is InChI=1S/C23H22N4O4S.2H2/c1-2-17-20(29)27(16-5-3-4-6-18(16)32-17)12-19(28)24-15-8-7-13-10-23(11-14(13)9-15)21(30)25-22(31)26-23;;/h3-9,17H,2,10-12H2,1H3,(H,24,28)(H2,25,26,30,31);2*1H. The van der Waals surface area contributed by atoms with E-state index in [1.54, 1.807) is 11.0 Å². The van der Waals surface area contributed by atoms with Crippen molar-refractivity contribution in [1.29, 1.82) is 0 Å². The lowest BCUT2D eigenvalue weighted by molar-refractivity contribution is -0.123. The average Bonchev–Trinajstić information content (AvgIpc) is 3.26. The van der Waals surface area contributed by atoms with E-state index >= 15 is 0 Å². The Kier molecular flexibility index (Phi) is 4.93. The molecule has 0 aromatic heterocycles. The van der Waals surface area contributed by atoms with E-state index in [-0.39, 0.29) is 32.4 Å².